The summed E-state index contributed by atoms with van der Waals surface area (Å²) in [6.07, 6.45) is 3.23. The number of benzene rings is 1. The number of amides is 1. The van der Waals surface area contributed by atoms with Crippen LogP contribution in [0.1, 0.15) is 54.6 Å². The van der Waals surface area contributed by atoms with Crippen molar-refractivity contribution in [2.75, 3.05) is 45.4 Å². The van der Waals surface area contributed by atoms with Crippen molar-refractivity contribution < 1.29 is 23.5 Å². The van der Waals surface area contributed by atoms with Crippen LogP contribution in [0.15, 0.2) is 30.3 Å². The van der Waals surface area contributed by atoms with Crippen LogP contribution in [0.2, 0.25) is 0 Å². The maximum absolute atomic E-state index is 13.5. The zero-order chi connectivity index (χ0) is 24.2. The number of ether oxygens (including phenoxy) is 2. The fourth-order valence-corrected chi connectivity index (χ4v) is 4.61. The molecule has 2 heterocycles. The van der Waals surface area contributed by atoms with Crippen molar-refractivity contribution >= 4 is 17.7 Å². The van der Waals surface area contributed by atoms with Gasteiger partial charge in [0.1, 0.15) is 17.2 Å². The molecule has 2 aliphatic rings. The first-order chi connectivity index (χ1) is 16.5. The topological polar surface area (TPSA) is 72.0 Å². The lowest BCUT2D eigenvalue weighted by Gasteiger charge is -2.42. The van der Waals surface area contributed by atoms with Crippen LogP contribution in [-0.2, 0) is 14.3 Å². The van der Waals surface area contributed by atoms with Gasteiger partial charge in [-0.15, -0.1) is 0 Å². The Morgan fingerprint density at radius 3 is 2.50 bits per heavy atom. The van der Waals surface area contributed by atoms with Crippen LogP contribution in [0.25, 0.3) is 11.1 Å². The maximum Gasteiger partial charge on any atom is 0.341 e. The summed E-state index contributed by atoms with van der Waals surface area (Å²) in [6, 6.07) is 8.14. The quantitative estimate of drug-likeness (QED) is 0.544. The second-order valence-corrected chi connectivity index (χ2v) is 8.90. The second kappa shape index (κ2) is 10.5. The molecule has 0 N–H and O–H groups in total. The maximum atomic E-state index is 13.5. The molecule has 1 aliphatic carbocycles. The van der Waals surface area contributed by atoms with Gasteiger partial charge in [-0.25, -0.2) is 14.2 Å². The van der Waals surface area contributed by atoms with Crippen LogP contribution in [0.5, 0.6) is 0 Å². The Morgan fingerprint density at radius 1 is 1.15 bits per heavy atom. The molecule has 1 aliphatic heterocycles. The number of aromatic nitrogens is 1. The van der Waals surface area contributed by atoms with Gasteiger partial charge in [0.05, 0.1) is 25.8 Å². The van der Waals surface area contributed by atoms with Crippen LogP contribution in [0, 0.1) is 5.82 Å². The highest BCUT2D eigenvalue weighted by Crippen LogP contribution is 2.45. The van der Waals surface area contributed by atoms with E-state index in [0.29, 0.717) is 50.0 Å². The number of methoxy groups -OCH3 is 2. The van der Waals surface area contributed by atoms with Gasteiger partial charge in [0.25, 0.3) is 0 Å². The largest absolute Gasteiger partial charge is 0.465 e. The lowest BCUT2D eigenvalue weighted by atomic mass is 9.98. The number of anilines is 1. The van der Waals surface area contributed by atoms with Crippen LogP contribution < -0.4 is 4.90 Å². The molecule has 1 amide bonds. The van der Waals surface area contributed by atoms with Gasteiger partial charge in [0, 0.05) is 44.3 Å². The lowest BCUT2D eigenvalue weighted by Crippen LogP contribution is -2.55. The van der Waals surface area contributed by atoms with E-state index in [2.05, 4.69) is 11.8 Å². The zero-order valence-electron chi connectivity index (χ0n) is 20.1. The summed E-state index contributed by atoms with van der Waals surface area (Å²) in [4.78, 5) is 34.5. The molecule has 182 valence electrons. The SMILES string of the molecule is CCC1CN(c2nc(C3CC3)c(-c3ccc(F)cc3)cc2C(=O)OC)CCN1C(=O)CCOC. The molecule has 1 aromatic heterocycles. The molecule has 1 atom stereocenters. The van der Waals surface area contributed by atoms with Gasteiger partial charge in [0.2, 0.25) is 5.91 Å². The molecule has 2 fully saturated rings. The monoisotopic (exact) mass is 469 g/mol. The van der Waals surface area contributed by atoms with E-state index in [1.165, 1.54) is 19.2 Å². The Morgan fingerprint density at radius 2 is 1.88 bits per heavy atom. The van der Waals surface area contributed by atoms with E-state index >= 15 is 0 Å². The number of carbonyl (C=O) groups is 2. The predicted octanol–water partition coefficient (Wildman–Crippen LogP) is 4.02. The number of rotatable bonds is 8. The Bertz CT molecular complexity index is 1040. The summed E-state index contributed by atoms with van der Waals surface area (Å²) >= 11 is 0. The number of carbonyl (C=O) groups excluding carboxylic acids is 2. The van der Waals surface area contributed by atoms with Gasteiger partial charge in [-0.3, -0.25) is 4.79 Å². The fourth-order valence-electron chi connectivity index (χ4n) is 4.61. The minimum Gasteiger partial charge on any atom is -0.465 e. The fraction of sp³-hybridized carbons (Fsp3) is 0.500. The molecule has 1 saturated heterocycles. The molecule has 0 bridgehead atoms. The molecular weight excluding hydrogens is 437 g/mol. The van der Waals surface area contributed by atoms with E-state index in [0.717, 1.165) is 36.1 Å². The first-order valence-corrected chi connectivity index (χ1v) is 11.9. The van der Waals surface area contributed by atoms with Gasteiger partial charge in [-0.1, -0.05) is 19.1 Å². The van der Waals surface area contributed by atoms with Crippen molar-refractivity contribution in [3.8, 4) is 11.1 Å². The van der Waals surface area contributed by atoms with Crippen molar-refractivity contribution in [3.63, 3.8) is 0 Å². The van der Waals surface area contributed by atoms with E-state index < -0.39 is 5.97 Å². The minimum absolute atomic E-state index is 0.0200. The van der Waals surface area contributed by atoms with Gasteiger partial charge in [0.15, 0.2) is 0 Å². The minimum atomic E-state index is -0.458. The highest BCUT2D eigenvalue weighted by atomic mass is 19.1. The molecule has 1 saturated carbocycles. The Kier molecular flexibility index (Phi) is 7.46. The number of piperazine rings is 1. The lowest BCUT2D eigenvalue weighted by molar-refractivity contribution is -0.135. The highest BCUT2D eigenvalue weighted by molar-refractivity contribution is 5.96. The van der Waals surface area contributed by atoms with E-state index in [9.17, 15) is 14.0 Å². The molecule has 4 rings (SSSR count). The molecule has 0 spiro atoms. The first kappa shape index (κ1) is 24.1. The molecule has 0 radical (unpaired) electrons. The average molecular weight is 470 g/mol. The third kappa shape index (κ3) is 5.06. The predicted molar refractivity (Wildman–Crippen MR) is 127 cm³/mol. The van der Waals surface area contributed by atoms with Gasteiger partial charge >= 0.3 is 5.97 Å². The van der Waals surface area contributed by atoms with Crippen LogP contribution >= 0.6 is 0 Å². The third-order valence-corrected chi connectivity index (χ3v) is 6.65. The summed E-state index contributed by atoms with van der Waals surface area (Å²) in [6.45, 7) is 4.19. The molecule has 1 unspecified atom stereocenters. The average Bonchev–Trinajstić information content (AvgIpc) is 3.71. The normalized spacial score (nSPS) is 18.2. The standard InChI is InChI=1S/C26H32FN3O4/c1-4-20-16-29(12-13-30(20)23(31)11-14-33-2)25-22(26(32)34-3)15-21(24(28-25)18-5-6-18)17-7-9-19(27)10-8-17/h7-10,15,18,20H,4-6,11-14,16H2,1-3H3. The summed E-state index contributed by atoms with van der Waals surface area (Å²) < 4.78 is 23.7. The summed E-state index contributed by atoms with van der Waals surface area (Å²) in [5.74, 6) is 0.240. The summed E-state index contributed by atoms with van der Waals surface area (Å²) in [5, 5.41) is 0. The summed E-state index contributed by atoms with van der Waals surface area (Å²) in [7, 11) is 2.95. The number of hydrogen-bond donors (Lipinski definition) is 0. The summed E-state index contributed by atoms with van der Waals surface area (Å²) in [5.41, 5.74) is 2.99. The Balaban J connectivity index is 1.70. The van der Waals surface area contributed by atoms with E-state index in [4.69, 9.17) is 14.5 Å². The smallest absolute Gasteiger partial charge is 0.341 e. The van der Waals surface area contributed by atoms with Crippen LogP contribution in [0.3, 0.4) is 0 Å². The number of esters is 1. The number of pyridine rings is 1. The number of halogens is 1. The number of nitrogens with zero attached hydrogens (tertiary/aromatic N) is 3. The third-order valence-electron chi connectivity index (χ3n) is 6.65. The van der Waals surface area contributed by atoms with Crippen molar-refractivity contribution in [1.82, 2.24) is 9.88 Å². The molecule has 8 heteroatoms. The van der Waals surface area contributed by atoms with Gasteiger partial charge in [-0.05, 0) is 43.0 Å². The Hall–Kier alpha value is -3.00. The molecule has 7 nitrogen and oxygen atoms in total. The molecular formula is C26H32FN3O4. The van der Waals surface area contributed by atoms with Crippen LogP contribution in [0.4, 0.5) is 10.2 Å². The van der Waals surface area contributed by atoms with Gasteiger partial charge < -0.3 is 19.3 Å². The van der Waals surface area contributed by atoms with Crippen molar-refractivity contribution in [2.45, 2.75) is 44.6 Å². The molecule has 34 heavy (non-hydrogen) atoms. The van der Waals surface area contributed by atoms with E-state index in [1.807, 2.05) is 11.0 Å². The van der Waals surface area contributed by atoms with Crippen molar-refractivity contribution in [2.24, 2.45) is 0 Å². The molecule has 1 aromatic carbocycles. The zero-order valence-corrected chi connectivity index (χ0v) is 20.1. The second-order valence-electron chi connectivity index (χ2n) is 8.90. The van der Waals surface area contributed by atoms with Gasteiger partial charge in [-0.2, -0.15) is 0 Å². The number of hydrogen-bond acceptors (Lipinski definition) is 6. The highest BCUT2D eigenvalue weighted by Gasteiger charge is 2.35. The Labute approximate surface area is 199 Å². The van der Waals surface area contributed by atoms with Crippen molar-refractivity contribution in [3.05, 3.63) is 47.4 Å². The van der Waals surface area contributed by atoms with Crippen LogP contribution in [-0.4, -0.2) is 68.3 Å². The first-order valence-electron chi connectivity index (χ1n) is 11.9. The van der Waals surface area contributed by atoms with E-state index in [1.54, 1.807) is 19.2 Å². The molecule has 2 aromatic rings. The van der Waals surface area contributed by atoms with Crippen molar-refractivity contribution in [1.29, 1.82) is 0 Å². The van der Waals surface area contributed by atoms with E-state index in [-0.39, 0.29) is 17.8 Å².